The molecule has 0 spiro atoms. The molecule has 324 valence electrons. The summed E-state index contributed by atoms with van der Waals surface area (Å²) in [5.74, 6) is 2.59. The number of aryl methyl sites for hydroxylation is 1. The summed E-state index contributed by atoms with van der Waals surface area (Å²) in [5.41, 5.74) is 23.3. The van der Waals surface area contributed by atoms with Gasteiger partial charge in [-0.3, -0.25) is 0 Å². The average Bonchev–Trinajstić information content (AvgIpc) is 3.29. The Balaban J connectivity index is 1.21. The van der Waals surface area contributed by atoms with E-state index in [4.69, 9.17) is 12.6 Å². The van der Waals surface area contributed by atoms with Gasteiger partial charge in [-0.1, -0.05) is 152 Å². The van der Waals surface area contributed by atoms with Crippen LogP contribution in [0.5, 0.6) is 0 Å². The Morgan fingerprint density at radius 3 is 1.60 bits per heavy atom. The highest BCUT2D eigenvalue weighted by molar-refractivity contribution is 7.80. The Kier molecular flexibility index (Phi) is 9.63. The highest BCUT2D eigenvalue weighted by atomic mass is 32.1. The Hall–Kier alpha value is -5.71. The first kappa shape index (κ1) is 42.0. The van der Waals surface area contributed by atoms with Gasteiger partial charge in [-0.15, -0.1) is 12.6 Å². The quantitative estimate of drug-likeness (QED) is 0.136. The highest BCUT2D eigenvalue weighted by Gasteiger charge is 2.44. The fourth-order valence-corrected chi connectivity index (χ4v) is 12.1. The number of anilines is 5. The molecule has 0 N–H and O–H groups in total. The maximum Gasteiger partial charge on any atom is 0.244 e. The minimum atomic E-state index is 0.00134. The molecule has 11 rings (SSSR count). The molecular weight excluding hydrogens is 804 g/mol. The van der Waals surface area contributed by atoms with Gasteiger partial charge in [-0.05, 0) is 170 Å². The predicted molar refractivity (Wildman–Crippen MR) is 283 cm³/mol. The molecule has 0 fully saturated rings. The van der Waals surface area contributed by atoms with Crippen molar-refractivity contribution in [2.45, 2.75) is 115 Å². The van der Waals surface area contributed by atoms with Gasteiger partial charge in [-0.25, -0.2) is 0 Å². The summed E-state index contributed by atoms with van der Waals surface area (Å²) in [6.07, 6.45) is 4.67. The summed E-state index contributed by atoms with van der Waals surface area (Å²) in [6, 6.07) is 55.2. The zero-order valence-electron chi connectivity index (χ0n) is 39.7. The normalized spacial score (nSPS) is 18.2. The van der Waals surface area contributed by atoms with Gasteiger partial charge < -0.3 is 9.80 Å². The predicted octanol–water partition coefficient (Wildman–Crippen LogP) is 15.4. The maximum absolute atomic E-state index is 5.48. The summed E-state index contributed by atoms with van der Waals surface area (Å²) >= 11 is 5.48. The van der Waals surface area contributed by atoms with Crippen LogP contribution >= 0.6 is 12.6 Å². The number of nitrogens with zero attached hydrogens (tertiary/aromatic N) is 2. The Bertz CT molecular complexity index is 3080. The van der Waals surface area contributed by atoms with Gasteiger partial charge >= 0.3 is 0 Å². The Morgan fingerprint density at radius 2 is 0.969 bits per heavy atom. The van der Waals surface area contributed by atoms with Crippen LogP contribution < -0.4 is 20.7 Å². The van der Waals surface area contributed by atoms with E-state index in [9.17, 15) is 0 Å². The molecule has 4 aliphatic rings. The van der Waals surface area contributed by atoms with E-state index >= 15 is 0 Å². The van der Waals surface area contributed by atoms with Crippen LogP contribution in [0, 0.1) is 6.92 Å². The largest absolute Gasteiger partial charge is 0.311 e. The lowest BCUT2D eigenvalue weighted by Gasteiger charge is -2.46. The molecule has 0 saturated heterocycles. The molecular formula is C61H61BN2S. The van der Waals surface area contributed by atoms with E-state index in [1.165, 1.54) is 108 Å². The number of benzene rings is 7. The molecule has 0 unspecified atom stereocenters. The molecule has 2 nitrogen and oxygen atoms in total. The van der Waals surface area contributed by atoms with Crippen molar-refractivity contribution in [2.24, 2.45) is 0 Å². The molecule has 2 aliphatic heterocycles. The van der Waals surface area contributed by atoms with E-state index < -0.39 is 0 Å². The van der Waals surface area contributed by atoms with Gasteiger partial charge in [0.2, 0.25) is 6.71 Å². The van der Waals surface area contributed by atoms with Gasteiger partial charge in [0, 0.05) is 44.6 Å². The summed E-state index contributed by atoms with van der Waals surface area (Å²) < 4.78 is 0. The smallest absolute Gasteiger partial charge is 0.244 e. The molecule has 2 aliphatic carbocycles. The fraction of sp³-hybridized carbons (Fsp3) is 0.279. The van der Waals surface area contributed by atoms with E-state index in [2.05, 4.69) is 224 Å². The number of thiol groups is 1. The SMILES string of the molecule is Cc1cc2c3c(c1)N(c1cccc(-c4ccccc4)c1)c1cc(-c4ccccc4)ccc1B3C=C(c1cc3c(cc1S)C(C)(C)CCC3(C)C)N2c1ccc2c(c1)C(C)(C)CCC2(C)C. The molecule has 0 radical (unpaired) electrons. The zero-order valence-corrected chi connectivity index (χ0v) is 40.6. The van der Waals surface area contributed by atoms with E-state index in [0.29, 0.717) is 0 Å². The molecule has 65 heavy (non-hydrogen) atoms. The van der Waals surface area contributed by atoms with Crippen LogP contribution in [0.3, 0.4) is 0 Å². The van der Waals surface area contributed by atoms with Gasteiger partial charge in [-0.2, -0.15) is 0 Å². The third-order valence-corrected chi connectivity index (χ3v) is 16.3. The minimum Gasteiger partial charge on any atom is -0.311 e. The van der Waals surface area contributed by atoms with E-state index in [-0.39, 0.29) is 28.4 Å². The van der Waals surface area contributed by atoms with Gasteiger partial charge in [0.15, 0.2) is 0 Å². The van der Waals surface area contributed by atoms with Crippen molar-refractivity contribution in [1.29, 1.82) is 0 Å². The molecule has 2 heterocycles. The van der Waals surface area contributed by atoms with Crippen LogP contribution in [0.4, 0.5) is 28.4 Å². The fourth-order valence-electron chi connectivity index (χ4n) is 11.8. The number of hydrogen-bond donors (Lipinski definition) is 1. The third-order valence-electron chi connectivity index (χ3n) is 15.9. The highest BCUT2D eigenvalue weighted by Crippen LogP contribution is 2.53. The monoisotopic (exact) mass is 864 g/mol. The Labute approximate surface area is 393 Å². The first-order chi connectivity index (χ1) is 31.0. The minimum absolute atomic E-state index is 0.00134. The van der Waals surface area contributed by atoms with Crippen molar-refractivity contribution in [3.63, 3.8) is 0 Å². The number of fused-ring (bicyclic) bond motifs is 4. The molecule has 0 amide bonds. The van der Waals surface area contributed by atoms with Crippen LogP contribution in [0.15, 0.2) is 156 Å². The molecule has 7 aromatic rings. The standard InChI is InChI=1S/C61H61BN2S/c1-39-31-53-57-54(32-39)64(45-24-25-47-48(35-45)59(4,5)28-27-58(47,2)3)55(46-36-49-50(37-56(46)65)61(8,9)30-29-60(49,6)7)38-62(57)51-26-23-43(41-19-14-11-15-20-41)34-52(51)63(53)44-22-16-21-42(33-44)40-17-12-10-13-18-40/h10-26,31-38,65H,27-30H2,1-9H3. The van der Waals surface area contributed by atoms with E-state index in [1.54, 1.807) is 0 Å². The van der Waals surface area contributed by atoms with Crippen molar-refractivity contribution in [2.75, 3.05) is 9.80 Å². The van der Waals surface area contributed by atoms with Crippen LogP contribution in [0.25, 0.3) is 28.0 Å². The second-order valence-corrected chi connectivity index (χ2v) is 22.6. The lowest BCUT2D eigenvalue weighted by atomic mass is 9.37. The molecule has 0 saturated carbocycles. The van der Waals surface area contributed by atoms with E-state index in [0.717, 1.165) is 23.4 Å². The number of hydrogen-bond acceptors (Lipinski definition) is 3. The third kappa shape index (κ3) is 6.84. The van der Waals surface area contributed by atoms with Gasteiger partial charge in [0.1, 0.15) is 0 Å². The maximum atomic E-state index is 5.48. The van der Waals surface area contributed by atoms with Crippen molar-refractivity contribution in [3.05, 3.63) is 185 Å². The van der Waals surface area contributed by atoms with Crippen LogP contribution in [-0.2, 0) is 21.7 Å². The van der Waals surface area contributed by atoms with Gasteiger partial charge in [0.25, 0.3) is 0 Å². The number of rotatable bonds is 5. The first-order valence-corrected chi connectivity index (χ1v) is 24.3. The molecule has 7 aromatic carbocycles. The van der Waals surface area contributed by atoms with Crippen molar-refractivity contribution in [3.8, 4) is 22.3 Å². The van der Waals surface area contributed by atoms with Crippen molar-refractivity contribution < 1.29 is 0 Å². The zero-order chi connectivity index (χ0) is 45.2. The van der Waals surface area contributed by atoms with Crippen molar-refractivity contribution >= 4 is 64.4 Å². The molecule has 4 heteroatoms. The summed E-state index contributed by atoms with van der Waals surface area (Å²) in [7, 11) is 0. The summed E-state index contributed by atoms with van der Waals surface area (Å²) in [4.78, 5) is 6.21. The van der Waals surface area contributed by atoms with Crippen molar-refractivity contribution in [1.82, 2.24) is 0 Å². The lowest BCUT2D eigenvalue weighted by molar-refractivity contribution is 0.331. The van der Waals surface area contributed by atoms with Crippen LogP contribution in [0.2, 0.25) is 0 Å². The van der Waals surface area contributed by atoms with Crippen LogP contribution in [0.1, 0.15) is 114 Å². The topological polar surface area (TPSA) is 6.48 Å². The second-order valence-electron chi connectivity index (χ2n) is 22.2. The van der Waals surface area contributed by atoms with E-state index in [1.807, 2.05) is 0 Å². The second kappa shape index (κ2) is 14.9. The summed E-state index contributed by atoms with van der Waals surface area (Å²) in [5, 5.41) is 0. The Morgan fingerprint density at radius 1 is 0.446 bits per heavy atom. The average molecular weight is 865 g/mol. The first-order valence-electron chi connectivity index (χ1n) is 23.9. The summed E-state index contributed by atoms with van der Waals surface area (Å²) in [6.45, 7) is 21.8. The van der Waals surface area contributed by atoms with Crippen LogP contribution in [-0.4, -0.2) is 6.71 Å². The molecule has 0 atom stereocenters. The van der Waals surface area contributed by atoms with Gasteiger partial charge in [0.05, 0.1) is 0 Å². The lowest BCUT2D eigenvalue weighted by Crippen LogP contribution is -2.53. The molecule has 0 bridgehead atoms. The molecule has 0 aromatic heterocycles.